The van der Waals surface area contributed by atoms with Crippen LogP contribution in [0.1, 0.15) is 27.2 Å². The lowest BCUT2D eigenvalue weighted by molar-refractivity contribution is -0.151. The van der Waals surface area contributed by atoms with Crippen LogP contribution in [0.15, 0.2) is 12.7 Å². The second kappa shape index (κ2) is 8.44. The summed E-state index contributed by atoms with van der Waals surface area (Å²) < 4.78 is 5.08. The maximum Gasteiger partial charge on any atom is 0.309 e. The summed E-state index contributed by atoms with van der Waals surface area (Å²) >= 11 is 0. The standard InChI is InChI=1S/C13H21NO4/c1-5-11(14-12(16)6-2)8-18-13(17)10(4)9(3)7-15/h6-7,9-11H,2,5,8H2,1,3-4H3,(H,14,16). The van der Waals surface area contributed by atoms with Crippen molar-refractivity contribution >= 4 is 18.2 Å². The Hall–Kier alpha value is -1.65. The Labute approximate surface area is 108 Å². The zero-order valence-corrected chi connectivity index (χ0v) is 11.1. The Morgan fingerprint density at radius 3 is 2.44 bits per heavy atom. The number of hydrogen-bond acceptors (Lipinski definition) is 4. The first-order chi connectivity index (χ1) is 8.46. The molecule has 0 aromatic carbocycles. The van der Waals surface area contributed by atoms with Crippen molar-refractivity contribution < 1.29 is 19.1 Å². The van der Waals surface area contributed by atoms with E-state index >= 15 is 0 Å². The molecule has 5 nitrogen and oxygen atoms in total. The maximum atomic E-state index is 11.6. The SMILES string of the molecule is C=CC(=O)NC(CC)COC(=O)C(C)C(C)C=O. The van der Waals surface area contributed by atoms with E-state index < -0.39 is 11.9 Å². The van der Waals surface area contributed by atoms with Crippen molar-refractivity contribution in [3.05, 3.63) is 12.7 Å². The van der Waals surface area contributed by atoms with Gasteiger partial charge in [-0.15, -0.1) is 0 Å². The molecule has 0 fully saturated rings. The van der Waals surface area contributed by atoms with Crippen LogP contribution in [0.2, 0.25) is 0 Å². The zero-order chi connectivity index (χ0) is 14.1. The van der Waals surface area contributed by atoms with E-state index in [-0.39, 0.29) is 24.5 Å². The quantitative estimate of drug-likeness (QED) is 0.400. The van der Waals surface area contributed by atoms with Gasteiger partial charge < -0.3 is 14.8 Å². The minimum Gasteiger partial charge on any atom is -0.463 e. The molecule has 3 atom stereocenters. The van der Waals surface area contributed by atoms with Crippen LogP contribution in [0.5, 0.6) is 0 Å². The molecule has 0 saturated carbocycles. The Bertz CT molecular complexity index is 314. The number of esters is 1. The third-order valence-corrected chi connectivity index (χ3v) is 2.83. The first-order valence-electron chi connectivity index (χ1n) is 6.01. The smallest absolute Gasteiger partial charge is 0.309 e. The molecule has 1 amide bonds. The molecule has 1 N–H and O–H groups in total. The van der Waals surface area contributed by atoms with Crippen LogP contribution in [0.4, 0.5) is 0 Å². The molecule has 102 valence electrons. The third-order valence-electron chi connectivity index (χ3n) is 2.83. The van der Waals surface area contributed by atoms with Gasteiger partial charge in [0, 0.05) is 5.92 Å². The monoisotopic (exact) mass is 255 g/mol. The van der Waals surface area contributed by atoms with E-state index in [9.17, 15) is 14.4 Å². The Balaban J connectivity index is 4.19. The molecular weight excluding hydrogens is 234 g/mol. The normalized spacial score (nSPS) is 15.1. The molecule has 0 aromatic rings. The van der Waals surface area contributed by atoms with Crippen LogP contribution in [0.25, 0.3) is 0 Å². The number of carbonyl (C=O) groups excluding carboxylic acids is 3. The summed E-state index contributed by atoms with van der Waals surface area (Å²) in [6.45, 7) is 8.63. The first kappa shape index (κ1) is 16.4. The molecule has 0 saturated heterocycles. The van der Waals surface area contributed by atoms with Crippen molar-refractivity contribution in [3.8, 4) is 0 Å². The fourth-order valence-corrected chi connectivity index (χ4v) is 1.17. The molecule has 0 aliphatic rings. The molecule has 0 spiro atoms. The molecule has 18 heavy (non-hydrogen) atoms. The number of ether oxygens (including phenoxy) is 1. The Morgan fingerprint density at radius 2 is 2.00 bits per heavy atom. The van der Waals surface area contributed by atoms with E-state index in [2.05, 4.69) is 11.9 Å². The fourth-order valence-electron chi connectivity index (χ4n) is 1.17. The number of nitrogens with one attached hydrogen (secondary N) is 1. The van der Waals surface area contributed by atoms with Crippen LogP contribution in [0.3, 0.4) is 0 Å². The second-order valence-corrected chi connectivity index (χ2v) is 4.23. The topological polar surface area (TPSA) is 72.5 Å². The second-order valence-electron chi connectivity index (χ2n) is 4.23. The summed E-state index contributed by atoms with van der Waals surface area (Å²) in [4.78, 5) is 33.3. The highest BCUT2D eigenvalue weighted by Crippen LogP contribution is 2.10. The molecule has 0 rings (SSSR count). The van der Waals surface area contributed by atoms with Crippen LogP contribution >= 0.6 is 0 Å². The lowest BCUT2D eigenvalue weighted by Gasteiger charge is -2.18. The van der Waals surface area contributed by atoms with Gasteiger partial charge >= 0.3 is 5.97 Å². The van der Waals surface area contributed by atoms with Gasteiger partial charge in [0.25, 0.3) is 0 Å². The van der Waals surface area contributed by atoms with Gasteiger partial charge in [0.2, 0.25) is 5.91 Å². The fraction of sp³-hybridized carbons (Fsp3) is 0.615. The minimum absolute atomic E-state index is 0.102. The Morgan fingerprint density at radius 1 is 1.39 bits per heavy atom. The van der Waals surface area contributed by atoms with Crippen molar-refractivity contribution in [2.45, 2.75) is 33.2 Å². The molecule has 0 aromatic heterocycles. The number of carbonyl (C=O) groups is 3. The molecule has 5 heteroatoms. The summed E-state index contributed by atoms with van der Waals surface area (Å²) in [6, 6.07) is -0.238. The Kier molecular flexibility index (Phi) is 7.67. The van der Waals surface area contributed by atoms with Crippen LogP contribution in [0, 0.1) is 11.8 Å². The van der Waals surface area contributed by atoms with Crippen LogP contribution in [-0.2, 0) is 19.1 Å². The predicted octanol–water partition coefficient (Wildman–Crippen LogP) is 1.08. The predicted molar refractivity (Wildman–Crippen MR) is 67.8 cm³/mol. The van der Waals surface area contributed by atoms with Gasteiger partial charge in [0.1, 0.15) is 12.9 Å². The lowest BCUT2D eigenvalue weighted by Crippen LogP contribution is -2.38. The largest absolute Gasteiger partial charge is 0.463 e. The third kappa shape index (κ3) is 5.61. The average molecular weight is 255 g/mol. The zero-order valence-electron chi connectivity index (χ0n) is 11.1. The van der Waals surface area contributed by atoms with Crippen molar-refractivity contribution in [3.63, 3.8) is 0 Å². The molecule has 0 aliphatic heterocycles. The maximum absolute atomic E-state index is 11.6. The van der Waals surface area contributed by atoms with Crippen molar-refractivity contribution in [1.82, 2.24) is 5.32 Å². The summed E-state index contributed by atoms with van der Waals surface area (Å²) in [5, 5.41) is 2.65. The van der Waals surface area contributed by atoms with Gasteiger partial charge in [-0.2, -0.15) is 0 Å². The van der Waals surface area contributed by atoms with Gasteiger partial charge in [-0.3, -0.25) is 9.59 Å². The van der Waals surface area contributed by atoms with Gasteiger partial charge in [-0.1, -0.05) is 27.4 Å². The molecule has 0 bridgehead atoms. The van der Waals surface area contributed by atoms with E-state index in [4.69, 9.17) is 4.74 Å². The van der Waals surface area contributed by atoms with Crippen LogP contribution in [-0.4, -0.2) is 30.8 Å². The van der Waals surface area contributed by atoms with Crippen molar-refractivity contribution in [2.75, 3.05) is 6.61 Å². The highest BCUT2D eigenvalue weighted by molar-refractivity contribution is 5.87. The van der Waals surface area contributed by atoms with Crippen molar-refractivity contribution in [1.29, 1.82) is 0 Å². The van der Waals surface area contributed by atoms with Gasteiger partial charge in [0.15, 0.2) is 0 Å². The minimum atomic E-state index is -0.477. The molecule has 3 unspecified atom stereocenters. The van der Waals surface area contributed by atoms with E-state index in [1.165, 1.54) is 6.08 Å². The molecular formula is C13H21NO4. The molecule has 0 heterocycles. The summed E-state index contributed by atoms with van der Waals surface area (Å²) in [6.07, 6.45) is 2.54. The van der Waals surface area contributed by atoms with E-state index in [1.54, 1.807) is 13.8 Å². The van der Waals surface area contributed by atoms with E-state index in [0.29, 0.717) is 6.42 Å². The summed E-state index contributed by atoms with van der Waals surface area (Å²) in [7, 11) is 0. The lowest BCUT2D eigenvalue weighted by atomic mass is 9.98. The highest BCUT2D eigenvalue weighted by Gasteiger charge is 2.22. The van der Waals surface area contributed by atoms with Gasteiger partial charge in [0.05, 0.1) is 12.0 Å². The average Bonchev–Trinajstić information content (AvgIpc) is 2.40. The number of rotatable bonds is 8. The number of aldehydes is 1. The van der Waals surface area contributed by atoms with E-state index in [1.807, 2.05) is 6.92 Å². The number of amides is 1. The van der Waals surface area contributed by atoms with Gasteiger partial charge in [-0.25, -0.2) is 0 Å². The molecule has 0 radical (unpaired) electrons. The summed E-state index contributed by atoms with van der Waals surface area (Å²) in [5.74, 6) is -1.58. The highest BCUT2D eigenvalue weighted by atomic mass is 16.5. The first-order valence-corrected chi connectivity index (χ1v) is 6.01. The molecule has 0 aliphatic carbocycles. The van der Waals surface area contributed by atoms with Crippen molar-refractivity contribution in [2.24, 2.45) is 11.8 Å². The van der Waals surface area contributed by atoms with E-state index in [0.717, 1.165) is 6.29 Å². The van der Waals surface area contributed by atoms with Crippen LogP contribution < -0.4 is 5.32 Å². The number of hydrogen-bond donors (Lipinski definition) is 1. The summed E-state index contributed by atoms with van der Waals surface area (Å²) in [5.41, 5.74) is 0. The van der Waals surface area contributed by atoms with Gasteiger partial charge in [-0.05, 0) is 12.5 Å².